The van der Waals surface area contributed by atoms with Crippen LogP contribution in [0.3, 0.4) is 0 Å². The van der Waals surface area contributed by atoms with Crippen molar-refractivity contribution >= 4 is 34.5 Å². The van der Waals surface area contributed by atoms with Crippen LogP contribution in [0.2, 0.25) is 5.02 Å². The standard InChI is InChI=1S/C15H13ClN4O2S/c1-22-8-13-18-12(9-23-13)15(21)19-11-5-2-4-10(16)14(11)20-7-3-6-17-20/h2-7,9H,8H2,1H3,(H,19,21). The van der Waals surface area contributed by atoms with Crippen LogP contribution >= 0.6 is 22.9 Å². The van der Waals surface area contributed by atoms with Crippen molar-refractivity contribution in [2.24, 2.45) is 0 Å². The minimum atomic E-state index is -0.306. The quantitative estimate of drug-likeness (QED) is 0.767. The molecule has 0 aliphatic carbocycles. The van der Waals surface area contributed by atoms with E-state index in [9.17, 15) is 4.79 Å². The number of nitrogens with zero attached hydrogens (tertiary/aromatic N) is 3. The van der Waals surface area contributed by atoms with Gasteiger partial charge in [0.05, 0.1) is 17.3 Å². The molecule has 0 unspecified atom stereocenters. The van der Waals surface area contributed by atoms with Crippen LogP contribution < -0.4 is 5.32 Å². The van der Waals surface area contributed by atoms with E-state index in [1.54, 1.807) is 53.8 Å². The van der Waals surface area contributed by atoms with Crippen LogP contribution in [0.5, 0.6) is 0 Å². The summed E-state index contributed by atoms with van der Waals surface area (Å²) >= 11 is 7.63. The van der Waals surface area contributed by atoms with Gasteiger partial charge in [-0.15, -0.1) is 11.3 Å². The number of aromatic nitrogens is 3. The minimum absolute atomic E-state index is 0.306. The molecule has 0 aliphatic rings. The number of carbonyl (C=O) groups is 1. The second-order valence-electron chi connectivity index (χ2n) is 4.60. The predicted molar refractivity (Wildman–Crippen MR) is 89.4 cm³/mol. The fraction of sp³-hybridized carbons (Fsp3) is 0.133. The maximum atomic E-state index is 12.4. The summed E-state index contributed by atoms with van der Waals surface area (Å²) in [6.07, 6.45) is 3.41. The Kier molecular flexibility index (Phi) is 4.71. The lowest BCUT2D eigenvalue weighted by Gasteiger charge is -2.12. The predicted octanol–water partition coefficient (Wildman–Crippen LogP) is 3.38. The van der Waals surface area contributed by atoms with E-state index in [1.807, 2.05) is 0 Å². The van der Waals surface area contributed by atoms with Gasteiger partial charge < -0.3 is 10.1 Å². The zero-order valence-corrected chi connectivity index (χ0v) is 13.8. The summed E-state index contributed by atoms with van der Waals surface area (Å²) in [6.45, 7) is 0.383. The van der Waals surface area contributed by atoms with Gasteiger partial charge in [0.1, 0.15) is 16.4 Å². The molecule has 2 aromatic heterocycles. The molecule has 2 heterocycles. The number of ether oxygens (including phenoxy) is 1. The van der Waals surface area contributed by atoms with E-state index in [2.05, 4.69) is 15.4 Å². The topological polar surface area (TPSA) is 69.0 Å². The van der Waals surface area contributed by atoms with Gasteiger partial charge in [-0.05, 0) is 18.2 Å². The minimum Gasteiger partial charge on any atom is -0.378 e. The van der Waals surface area contributed by atoms with Crippen molar-refractivity contribution in [3.8, 4) is 5.69 Å². The SMILES string of the molecule is COCc1nc(C(=O)Nc2cccc(Cl)c2-n2cccn2)cs1. The number of benzene rings is 1. The number of nitrogens with one attached hydrogen (secondary N) is 1. The van der Waals surface area contributed by atoms with Gasteiger partial charge in [-0.2, -0.15) is 5.10 Å². The zero-order chi connectivity index (χ0) is 16.2. The van der Waals surface area contributed by atoms with Crippen LogP contribution in [0.15, 0.2) is 42.0 Å². The van der Waals surface area contributed by atoms with Gasteiger partial charge in [-0.25, -0.2) is 9.67 Å². The van der Waals surface area contributed by atoms with Gasteiger partial charge in [-0.3, -0.25) is 4.79 Å². The number of halogens is 1. The molecule has 1 N–H and O–H groups in total. The summed E-state index contributed by atoms with van der Waals surface area (Å²) in [5.41, 5.74) is 1.51. The Morgan fingerprint density at radius 2 is 2.30 bits per heavy atom. The lowest BCUT2D eigenvalue weighted by Crippen LogP contribution is -2.14. The number of anilines is 1. The molecule has 1 aromatic carbocycles. The van der Waals surface area contributed by atoms with E-state index in [-0.39, 0.29) is 5.91 Å². The Labute approximate surface area is 141 Å². The van der Waals surface area contributed by atoms with Gasteiger partial charge in [-0.1, -0.05) is 17.7 Å². The summed E-state index contributed by atoms with van der Waals surface area (Å²) < 4.78 is 6.62. The van der Waals surface area contributed by atoms with Crippen molar-refractivity contribution in [3.63, 3.8) is 0 Å². The monoisotopic (exact) mass is 348 g/mol. The first-order valence-corrected chi connectivity index (χ1v) is 7.98. The second kappa shape index (κ2) is 6.91. The number of methoxy groups -OCH3 is 1. The highest BCUT2D eigenvalue weighted by Gasteiger charge is 2.15. The van der Waals surface area contributed by atoms with Crippen LogP contribution in [-0.2, 0) is 11.3 Å². The van der Waals surface area contributed by atoms with Crippen LogP contribution in [0.4, 0.5) is 5.69 Å². The molecule has 3 rings (SSSR count). The highest BCUT2D eigenvalue weighted by atomic mass is 35.5. The molecule has 6 nitrogen and oxygen atoms in total. The maximum absolute atomic E-state index is 12.4. The number of carbonyl (C=O) groups excluding carboxylic acids is 1. The molecule has 0 radical (unpaired) electrons. The fourth-order valence-corrected chi connectivity index (χ4v) is 3.05. The molecule has 118 valence electrons. The van der Waals surface area contributed by atoms with Crippen LogP contribution in [-0.4, -0.2) is 27.8 Å². The lowest BCUT2D eigenvalue weighted by atomic mass is 10.2. The van der Waals surface area contributed by atoms with E-state index >= 15 is 0 Å². The highest BCUT2D eigenvalue weighted by Crippen LogP contribution is 2.28. The molecule has 0 atom stereocenters. The summed E-state index contributed by atoms with van der Waals surface area (Å²) in [6, 6.07) is 7.06. The molecule has 0 bridgehead atoms. The van der Waals surface area contributed by atoms with Crippen molar-refractivity contribution in [2.75, 3.05) is 12.4 Å². The average molecular weight is 349 g/mol. The highest BCUT2D eigenvalue weighted by molar-refractivity contribution is 7.09. The van der Waals surface area contributed by atoms with Crippen LogP contribution in [0.25, 0.3) is 5.69 Å². The van der Waals surface area contributed by atoms with E-state index < -0.39 is 0 Å². The van der Waals surface area contributed by atoms with E-state index in [0.29, 0.717) is 28.7 Å². The molecule has 0 aliphatic heterocycles. The summed E-state index contributed by atoms with van der Waals surface area (Å²) in [4.78, 5) is 16.6. The first-order valence-electron chi connectivity index (χ1n) is 6.72. The molecule has 3 aromatic rings. The van der Waals surface area contributed by atoms with Crippen LogP contribution in [0.1, 0.15) is 15.5 Å². The van der Waals surface area contributed by atoms with Crippen molar-refractivity contribution in [3.05, 3.63) is 57.8 Å². The Morgan fingerprint density at radius 1 is 1.43 bits per heavy atom. The molecule has 8 heteroatoms. The Hall–Kier alpha value is -2.22. The largest absolute Gasteiger partial charge is 0.378 e. The molecule has 0 spiro atoms. The molecule has 1 amide bonds. The number of amides is 1. The van der Waals surface area contributed by atoms with Crippen molar-refractivity contribution in [1.29, 1.82) is 0 Å². The molecular weight excluding hydrogens is 336 g/mol. The first-order chi connectivity index (χ1) is 11.2. The number of hydrogen-bond donors (Lipinski definition) is 1. The fourth-order valence-electron chi connectivity index (χ4n) is 2.04. The number of thiazole rings is 1. The normalized spacial score (nSPS) is 10.7. The summed E-state index contributed by atoms with van der Waals surface area (Å²) in [7, 11) is 1.59. The van der Waals surface area contributed by atoms with Crippen LogP contribution in [0, 0.1) is 0 Å². The number of hydrogen-bond acceptors (Lipinski definition) is 5. The van der Waals surface area contributed by atoms with Crippen molar-refractivity contribution in [1.82, 2.24) is 14.8 Å². The molecular formula is C15H13ClN4O2S. The third-order valence-corrected chi connectivity index (χ3v) is 4.15. The molecule has 0 fully saturated rings. The van der Waals surface area contributed by atoms with Gasteiger partial charge in [0.15, 0.2) is 0 Å². The van der Waals surface area contributed by atoms with E-state index in [0.717, 1.165) is 5.01 Å². The third-order valence-electron chi connectivity index (χ3n) is 3.02. The van der Waals surface area contributed by atoms with Gasteiger partial charge in [0, 0.05) is 24.9 Å². The molecule has 23 heavy (non-hydrogen) atoms. The summed E-state index contributed by atoms with van der Waals surface area (Å²) in [5, 5.41) is 9.93. The Morgan fingerprint density at radius 3 is 3.04 bits per heavy atom. The third kappa shape index (κ3) is 3.42. The van der Waals surface area contributed by atoms with Gasteiger partial charge in [0.25, 0.3) is 5.91 Å². The Balaban J connectivity index is 1.88. The van der Waals surface area contributed by atoms with Crippen molar-refractivity contribution in [2.45, 2.75) is 6.61 Å². The van der Waals surface area contributed by atoms with Crippen molar-refractivity contribution < 1.29 is 9.53 Å². The number of para-hydroxylation sites is 1. The molecule has 0 saturated heterocycles. The number of rotatable bonds is 5. The second-order valence-corrected chi connectivity index (χ2v) is 5.95. The first kappa shape index (κ1) is 15.7. The van der Waals surface area contributed by atoms with Gasteiger partial charge >= 0.3 is 0 Å². The smallest absolute Gasteiger partial charge is 0.275 e. The average Bonchev–Trinajstić information content (AvgIpc) is 3.19. The Bertz CT molecular complexity index is 817. The van der Waals surface area contributed by atoms with E-state index in [1.165, 1.54) is 11.3 Å². The van der Waals surface area contributed by atoms with Gasteiger partial charge in [0.2, 0.25) is 0 Å². The lowest BCUT2D eigenvalue weighted by molar-refractivity contribution is 0.102. The maximum Gasteiger partial charge on any atom is 0.275 e. The molecule has 0 saturated carbocycles. The van der Waals surface area contributed by atoms with E-state index in [4.69, 9.17) is 16.3 Å². The summed E-state index contributed by atoms with van der Waals surface area (Å²) in [5.74, 6) is -0.306. The zero-order valence-electron chi connectivity index (χ0n) is 12.2.